The van der Waals surface area contributed by atoms with Gasteiger partial charge in [-0.1, -0.05) is 6.07 Å². The molecule has 0 aliphatic carbocycles. The predicted octanol–water partition coefficient (Wildman–Crippen LogP) is 4.71. The minimum atomic E-state index is -0.362. The van der Waals surface area contributed by atoms with Gasteiger partial charge in [-0.3, -0.25) is 14.7 Å². The van der Waals surface area contributed by atoms with Crippen molar-refractivity contribution >= 4 is 11.7 Å². The van der Waals surface area contributed by atoms with E-state index in [1.54, 1.807) is 6.20 Å². The maximum absolute atomic E-state index is 13.0. The van der Waals surface area contributed by atoms with Crippen molar-refractivity contribution in [3.05, 3.63) is 89.6 Å². The zero-order chi connectivity index (χ0) is 21.5. The van der Waals surface area contributed by atoms with Crippen molar-refractivity contribution in [2.45, 2.75) is 32.2 Å². The summed E-state index contributed by atoms with van der Waals surface area (Å²) in [5.74, 6) is 0.589. The van der Waals surface area contributed by atoms with E-state index in [-0.39, 0.29) is 11.7 Å². The molecule has 0 spiro atoms. The fourth-order valence-corrected chi connectivity index (χ4v) is 4.01. The van der Waals surface area contributed by atoms with Crippen LogP contribution in [0.2, 0.25) is 0 Å². The monoisotopic (exact) mass is 418 g/mol. The quantitative estimate of drug-likeness (QED) is 0.604. The molecule has 3 heterocycles. The Morgan fingerprint density at radius 2 is 1.84 bits per heavy atom. The zero-order valence-electron chi connectivity index (χ0n) is 17.5. The fraction of sp³-hybridized carbons (Fsp3) is 0.320. The first kappa shape index (κ1) is 21.1. The van der Waals surface area contributed by atoms with Gasteiger partial charge >= 0.3 is 0 Å². The summed E-state index contributed by atoms with van der Waals surface area (Å²) in [6.45, 7) is 3.14. The molecule has 1 N–H and O–H groups in total. The molecule has 0 saturated carbocycles. The van der Waals surface area contributed by atoms with Crippen LogP contribution >= 0.6 is 0 Å². The van der Waals surface area contributed by atoms with E-state index in [1.165, 1.54) is 42.7 Å². The van der Waals surface area contributed by atoms with E-state index in [9.17, 15) is 9.18 Å². The number of hydrogen-bond donors (Lipinski definition) is 1. The lowest BCUT2D eigenvalue weighted by atomic mass is 9.90. The first-order valence-electron chi connectivity index (χ1n) is 10.8. The molecule has 1 aliphatic rings. The molecule has 1 aromatic carbocycles. The van der Waals surface area contributed by atoms with Gasteiger partial charge in [-0.05, 0) is 98.8 Å². The van der Waals surface area contributed by atoms with Crippen molar-refractivity contribution in [1.29, 1.82) is 0 Å². The van der Waals surface area contributed by atoms with Crippen molar-refractivity contribution in [3.63, 3.8) is 0 Å². The van der Waals surface area contributed by atoms with E-state index >= 15 is 0 Å². The first-order valence-corrected chi connectivity index (χ1v) is 10.8. The molecule has 1 aliphatic heterocycles. The third kappa shape index (κ3) is 6.18. The second-order valence-corrected chi connectivity index (χ2v) is 8.09. The van der Waals surface area contributed by atoms with Gasteiger partial charge in [-0.25, -0.2) is 9.37 Å². The molecule has 2 aromatic heterocycles. The Morgan fingerprint density at radius 3 is 2.58 bits per heavy atom. The summed E-state index contributed by atoms with van der Waals surface area (Å²) in [6.07, 6.45) is 8.08. The SMILES string of the molecule is O=C(Nc1cc(CCC2CCN(Cc3ccccn3)CC2)ccn1)c1ccc(F)cc1. The predicted molar refractivity (Wildman–Crippen MR) is 119 cm³/mol. The topological polar surface area (TPSA) is 58.1 Å². The van der Waals surface area contributed by atoms with Gasteiger partial charge in [0.2, 0.25) is 0 Å². The number of likely N-dealkylation sites (tertiary alicyclic amines) is 1. The molecule has 0 unspecified atom stereocenters. The largest absolute Gasteiger partial charge is 0.307 e. The van der Waals surface area contributed by atoms with Gasteiger partial charge in [0.15, 0.2) is 0 Å². The summed E-state index contributed by atoms with van der Waals surface area (Å²) in [6, 6.07) is 15.5. The molecule has 160 valence electrons. The van der Waals surface area contributed by atoms with Gasteiger partial charge in [0.25, 0.3) is 5.91 Å². The Kier molecular flexibility index (Phi) is 6.99. The number of amides is 1. The van der Waals surface area contributed by atoms with Crippen LogP contribution in [-0.4, -0.2) is 33.9 Å². The van der Waals surface area contributed by atoms with Crippen LogP contribution in [0.4, 0.5) is 10.2 Å². The van der Waals surface area contributed by atoms with Crippen LogP contribution in [0.5, 0.6) is 0 Å². The van der Waals surface area contributed by atoms with Gasteiger partial charge in [-0.15, -0.1) is 0 Å². The summed E-state index contributed by atoms with van der Waals surface area (Å²) in [7, 11) is 0. The van der Waals surface area contributed by atoms with Gasteiger partial charge < -0.3 is 5.32 Å². The van der Waals surface area contributed by atoms with Gasteiger partial charge in [0.1, 0.15) is 11.6 Å². The number of aryl methyl sites for hydroxylation is 1. The number of piperidine rings is 1. The molecule has 0 bridgehead atoms. The summed E-state index contributed by atoms with van der Waals surface area (Å²) in [4.78, 5) is 23.5. The van der Waals surface area contributed by atoms with E-state index in [4.69, 9.17) is 0 Å². The lowest BCUT2D eigenvalue weighted by Crippen LogP contribution is -2.33. The Morgan fingerprint density at radius 1 is 1.03 bits per heavy atom. The third-order valence-electron chi connectivity index (χ3n) is 5.83. The van der Waals surface area contributed by atoms with Gasteiger partial charge in [0, 0.05) is 24.5 Å². The molecule has 1 fully saturated rings. The molecular weight excluding hydrogens is 391 g/mol. The van der Waals surface area contributed by atoms with Crippen molar-refractivity contribution in [2.24, 2.45) is 5.92 Å². The first-order chi connectivity index (χ1) is 15.2. The molecule has 0 atom stereocenters. The smallest absolute Gasteiger partial charge is 0.256 e. The van der Waals surface area contributed by atoms with E-state index in [0.29, 0.717) is 17.3 Å². The maximum atomic E-state index is 13.0. The average molecular weight is 419 g/mol. The molecule has 3 aromatic rings. The fourth-order valence-electron chi connectivity index (χ4n) is 4.01. The van der Waals surface area contributed by atoms with Crippen LogP contribution in [0.15, 0.2) is 67.0 Å². The van der Waals surface area contributed by atoms with Crippen LogP contribution in [0.3, 0.4) is 0 Å². The maximum Gasteiger partial charge on any atom is 0.256 e. The van der Waals surface area contributed by atoms with E-state index in [0.717, 1.165) is 38.2 Å². The van der Waals surface area contributed by atoms with E-state index in [2.05, 4.69) is 26.3 Å². The number of pyridine rings is 2. The Labute approximate surface area is 182 Å². The molecule has 4 rings (SSSR count). The number of anilines is 1. The number of aromatic nitrogens is 2. The minimum Gasteiger partial charge on any atom is -0.307 e. The van der Waals surface area contributed by atoms with Crippen LogP contribution in [0.25, 0.3) is 0 Å². The van der Waals surface area contributed by atoms with Crippen LogP contribution in [0, 0.1) is 11.7 Å². The molecule has 31 heavy (non-hydrogen) atoms. The van der Waals surface area contributed by atoms with Crippen LogP contribution < -0.4 is 5.32 Å². The lowest BCUT2D eigenvalue weighted by molar-refractivity contribution is 0.102. The summed E-state index contributed by atoms with van der Waals surface area (Å²) >= 11 is 0. The number of carbonyl (C=O) groups is 1. The standard InChI is InChI=1S/C25H27FN4O/c26-22-8-6-21(7-9-22)25(31)29-24-17-20(10-14-28-24)5-4-19-11-15-30(16-12-19)18-23-3-1-2-13-27-23/h1-3,6-10,13-14,17,19H,4-5,11-12,15-16,18H2,(H,28,29,31). The average Bonchev–Trinajstić information content (AvgIpc) is 2.80. The Balaban J connectivity index is 1.24. The molecule has 1 amide bonds. The second-order valence-electron chi connectivity index (χ2n) is 8.09. The highest BCUT2D eigenvalue weighted by molar-refractivity contribution is 6.03. The van der Waals surface area contributed by atoms with E-state index in [1.807, 2.05) is 30.5 Å². The summed E-state index contributed by atoms with van der Waals surface area (Å²) in [5, 5.41) is 2.80. The van der Waals surface area contributed by atoms with Crippen molar-refractivity contribution in [1.82, 2.24) is 14.9 Å². The number of nitrogens with zero attached hydrogens (tertiary/aromatic N) is 3. The van der Waals surface area contributed by atoms with Gasteiger partial charge in [-0.2, -0.15) is 0 Å². The highest BCUT2D eigenvalue weighted by Crippen LogP contribution is 2.24. The van der Waals surface area contributed by atoms with Crippen molar-refractivity contribution in [2.75, 3.05) is 18.4 Å². The molecule has 0 radical (unpaired) electrons. The number of nitrogens with one attached hydrogen (secondary N) is 1. The zero-order valence-corrected chi connectivity index (χ0v) is 17.5. The normalized spacial score (nSPS) is 15.0. The highest BCUT2D eigenvalue weighted by atomic mass is 19.1. The van der Waals surface area contributed by atoms with Gasteiger partial charge in [0.05, 0.1) is 5.69 Å². The minimum absolute atomic E-state index is 0.287. The summed E-state index contributed by atoms with van der Waals surface area (Å²) < 4.78 is 13.0. The van der Waals surface area contributed by atoms with Crippen LogP contribution in [0.1, 0.15) is 40.9 Å². The number of benzene rings is 1. The number of halogens is 1. The second kappa shape index (κ2) is 10.3. The highest BCUT2D eigenvalue weighted by Gasteiger charge is 2.19. The lowest BCUT2D eigenvalue weighted by Gasteiger charge is -2.31. The molecule has 5 nitrogen and oxygen atoms in total. The Hall–Kier alpha value is -3.12. The number of carbonyl (C=O) groups excluding carboxylic acids is 1. The summed E-state index contributed by atoms with van der Waals surface area (Å²) in [5.41, 5.74) is 2.71. The third-order valence-corrected chi connectivity index (χ3v) is 5.83. The molecular formula is C25H27FN4O. The Bertz CT molecular complexity index is 986. The molecule has 1 saturated heterocycles. The van der Waals surface area contributed by atoms with Crippen molar-refractivity contribution in [3.8, 4) is 0 Å². The molecule has 6 heteroatoms. The van der Waals surface area contributed by atoms with Crippen molar-refractivity contribution < 1.29 is 9.18 Å². The number of hydrogen-bond acceptors (Lipinski definition) is 4. The number of rotatable bonds is 7. The van der Waals surface area contributed by atoms with E-state index < -0.39 is 0 Å². The van der Waals surface area contributed by atoms with Crippen LogP contribution in [-0.2, 0) is 13.0 Å².